The van der Waals surface area contributed by atoms with Gasteiger partial charge in [0.15, 0.2) is 0 Å². The normalized spacial score (nSPS) is 14.8. The molecule has 0 unspecified atom stereocenters. The van der Waals surface area contributed by atoms with Crippen LogP contribution in [0.15, 0.2) is 42.5 Å². The fourth-order valence-electron chi connectivity index (χ4n) is 3.74. The number of hydrogen-bond acceptors (Lipinski definition) is 4. The van der Waals surface area contributed by atoms with Crippen molar-refractivity contribution in [1.82, 2.24) is 4.90 Å². The quantitative estimate of drug-likeness (QED) is 0.796. The van der Waals surface area contributed by atoms with E-state index in [0.717, 1.165) is 50.5 Å². The first-order valence-corrected chi connectivity index (χ1v) is 10.2. The number of nitrogens with one attached hydrogen (secondary N) is 1. The van der Waals surface area contributed by atoms with Crippen molar-refractivity contribution >= 4 is 17.3 Å². The van der Waals surface area contributed by atoms with Gasteiger partial charge < -0.3 is 15.0 Å². The van der Waals surface area contributed by atoms with Gasteiger partial charge in [-0.25, -0.2) is 0 Å². The van der Waals surface area contributed by atoms with E-state index in [0.29, 0.717) is 6.54 Å². The summed E-state index contributed by atoms with van der Waals surface area (Å²) in [6, 6.07) is 14.4. The van der Waals surface area contributed by atoms with Gasteiger partial charge in [-0.2, -0.15) is 0 Å². The number of amides is 1. The van der Waals surface area contributed by atoms with Gasteiger partial charge in [0.05, 0.1) is 13.7 Å². The minimum atomic E-state index is 0.0773. The number of hydrogen-bond donors (Lipinski definition) is 1. The molecule has 0 aromatic heterocycles. The van der Waals surface area contributed by atoms with Crippen molar-refractivity contribution in [2.75, 3.05) is 50.1 Å². The monoisotopic (exact) mass is 381 g/mol. The molecule has 28 heavy (non-hydrogen) atoms. The number of rotatable bonds is 7. The molecule has 3 rings (SSSR count). The summed E-state index contributed by atoms with van der Waals surface area (Å²) in [5.74, 6) is 0.950. The highest BCUT2D eigenvalue weighted by molar-refractivity contribution is 5.93. The molecule has 1 heterocycles. The third-order valence-corrected chi connectivity index (χ3v) is 5.44. The molecular weight excluding hydrogens is 350 g/mol. The zero-order valence-corrected chi connectivity index (χ0v) is 17.2. The maximum atomic E-state index is 12.7. The summed E-state index contributed by atoms with van der Waals surface area (Å²) < 4.78 is 5.23. The number of methoxy groups -OCH3 is 1. The van der Waals surface area contributed by atoms with Crippen molar-refractivity contribution in [3.8, 4) is 5.75 Å². The van der Waals surface area contributed by atoms with E-state index >= 15 is 0 Å². The van der Waals surface area contributed by atoms with Gasteiger partial charge in [-0.1, -0.05) is 32.0 Å². The second-order valence-corrected chi connectivity index (χ2v) is 7.17. The van der Waals surface area contributed by atoms with E-state index in [-0.39, 0.29) is 5.91 Å². The molecule has 1 N–H and O–H groups in total. The lowest BCUT2D eigenvalue weighted by atomic mass is 10.0. The van der Waals surface area contributed by atoms with Gasteiger partial charge in [0.1, 0.15) is 5.75 Å². The number of ether oxygens (including phenoxy) is 1. The van der Waals surface area contributed by atoms with Gasteiger partial charge in [0.25, 0.3) is 0 Å². The smallest absolute Gasteiger partial charge is 0.238 e. The van der Waals surface area contributed by atoms with Crippen molar-refractivity contribution in [3.05, 3.63) is 53.6 Å². The largest absolute Gasteiger partial charge is 0.497 e. The van der Waals surface area contributed by atoms with Crippen LogP contribution in [0.3, 0.4) is 0 Å². The molecule has 1 fully saturated rings. The molecule has 0 atom stereocenters. The molecule has 1 amide bonds. The lowest BCUT2D eigenvalue weighted by Crippen LogP contribution is -2.48. The fourth-order valence-corrected chi connectivity index (χ4v) is 3.74. The second kappa shape index (κ2) is 9.60. The SMILES string of the molecule is CCc1cccc(CC)c1NC(=O)CN1CCN(c2ccc(OC)cc2)CC1. The van der Waals surface area contributed by atoms with Crippen LogP contribution in [0.4, 0.5) is 11.4 Å². The van der Waals surface area contributed by atoms with Crippen LogP contribution in [-0.2, 0) is 17.6 Å². The van der Waals surface area contributed by atoms with Gasteiger partial charge in [-0.05, 0) is 48.2 Å². The van der Waals surface area contributed by atoms with Gasteiger partial charge in [-0.3, -0.25) is 9.69 Å². The number of carbonyl (C=O) groups excluding carboxylic acids is 1. The Bertz CT molecular complexity index is 759. The van der Waals surface area contributed by atoms with E-state index in [2.05, 4.69) is 59.3 Å². The number of nitrogens with zero attached hydrogens (tertiary/aromatic N) is 2. The number of piperazine rings is 1. The van der Waals surface area contributed by atoms with E-state index in [1.807, 2.05) is 12.1 Å². The Morgan fingerprint density at radius 3 is 2.11 bits per heavy atom. The third kappa shape index (κ3) is 4.84. The van der Waals surface area contributed by atoms with E-state index in [4.69, 9.17) is 4.74 Å². The predicted octanol–water partition coefficient (Wildman–Crippen LogP) is 3.58. The molecule has 1 aliphatic rings. The van der Waals surface area contributed by atoms with E-state index in [9.17, 15) is 4.79 Å². The number of anilines is 2. The van der Waals surface area contributed by atoms with Crippen molar-refractivity contribution in [1.29, 1.82) is 0 Å². The van der Waals surface area contributed by atoms with E-state index in [1.54, 1.807) is 7.11 Å². The molecule has 1 aliphatic heterocycles. The Hall–Kier alpha value is -2.53. The Kier molecular flexibility index (Phi) is 6.93. The zero-order valence-electron chi connectivity index (χ0n) is 17.2. The molecule has 5 heteroatoms. The van der Waals surface area contributed by atoms with Crippen molar-refractivity contribution in [3.63, 3.8) is 0 Å². The lowest BCUT2D eigenvalue weighted by molar-refractivity contribution is -0.117. The molecule has 150 valence electrons. The second-order valence-electron chi connectivity index (χ2n) is 7.17. The zero-order chi connectivity index (χ0) is 19.9. The van der Waals surface area contributed by atoms with Gasteiger partial charge in [0, 0.05) is 37.6 Å². The molecule has 0 bridgehead atoms. The average molecular weight is 382 g/mol. The molecule has 0 saturated carbocycles. The first-order valence-electron chi connectivity index (χ1n) is 10.2. The van der Waals surface area contributed by atoms with Crippen LogP contribution >= 0.6 is 0 Å². The van der Waals surface area contributed by atoms with Crippen LogP contribution in [0.1, 0.15) is 25.0 Å². The summed E-state index contributed by atoms with van der Waals surface area (Å²) in [4.78, 5) is 17.2. The summed E-state index contributed by atoms with van der Waals surface area (Å²) in [5.41, 5.74) is 4.62. The molecule has 0 spiro atoms. The molecule has 0 aliphatic carbocycles. The Labute approximate surface area is 168 Å². The minimum Gasteiger partial charge on any atom is -0.497 e. The number of benzene rings is 2. The van der Waals surface area contributed by atoms with Gasteiger partial charge >= 0.3 is 0 Å². The van der Waals surface area contributed by atoms with Crippen LogP contribution in [-0.4, -0.2) is 50.6 Å². The predicted molar refractivity (Wildman–Crippen MR) is 115 cm³/mol. The lowest BCUT2D eigenvalue weighted by Gasteiger charge is -2.35. The average Bonchev–Trinajstić information content (AvgIpc) is 2.74. The molecule has 1 saturated heterocycles. The van der Waals surface area contributed by atoms with Crippen LogP contribution in [0.2, 0.25) is 0 Å². The molecule has 2 aromatic rings. The van der Waals surface area contributed by atoms with Crippen LogP contribution in [0, 0.1) is 0 Å². The molecule has 2 aromatic carbocycles. The number of carbonyl (C=O) groups is 1. The van der Waals surface area contributed by atoms with Gasteiger partial charge in [-0.15, -0.1) is 0 Å². The maximum absolute atomic E-state index is 12.7. The van der Waals surface area contributed by atoms with Crippen molar-refractivity contribution in [2.24, 2.45) is 0 Å². The van der Waals surface area contributed by atoms with Crippen LogP contribution in [0.25, 0.3) is 0 Å². The molecule has 0 radical (unpaired) electrons. The Balaban J connectivity index is 1.54. The summed E-state index contributed by atoms with van der Waals surface area (Å²) in [7, 11) is 1.68. The molecular formula is C23H31N3O2. The number of aryl methyl sites for hydroxylation is 2. The fraction of sp³-hybridized carbons (Fsp3) is 0.435. The van der Waals surface area contributed by atoms with Crippen molar-refractivity contribution in [2.45, 2.75) is 26.7 Å². The van der Waals surface area contributed by atoms with E-state index in [1.165, 1.54) is 16.8 Å². The number of para-hydroxylation sites is 1. The van der Waals surface area contributed by atoms with Crippen molar-refractivity contribution < 1.29 is 9.53 Å². The minimum absolute atomic E-state index is 0.0773. The summed E-state index contributed by atoms with van der Waals surface area (Å²) in [6.07, 6.45) is 1.84. The van der Waals surface area contributed by atoms with Crippen LogP contribution in [0.5, 0.6) is 5.75 Å². The van der Waals surface area contributed by atoms with E-state index < -0.39 is 0 Å². The summed E-state index contributed by atoms with van der Waals surface area (Å²) in [5, 5.41) is 3.18. The third-order valence-electron chi connectivity index (χ3n) is 5.44. The summed E-state index contributed by atoms with van der Waals surface area (Å²) >= 11 is 0. The van der Waals surface area contributed by atoms with Gasteiger partial charge in [0.2, 0.25) is 5.91 Å². The highest BCUT2D eigenvalue weighted by Crippen LogP contribution is 2.23. The first-order chi connectivity index (χ1) is 13.6. The highest BCUT2D eigenvalue weighted by atomic mass is 16.5. The Morgan fingerprint density at radius 2 is 1.57 bits per heavy atom. The Morgan fingerprint density at radius 1 is 0.964 bits per heavy atom. The first kappa shape index (κ1) is 20.2. The standard InChI is InChI=1S/C23H31N3O2/c1-4-18-7-6-8-19(5-2)23(18)24-22(27)17-25-13-15-26(16-14-25)20-9-11-21(28-3)12-10-20/h6-12H,4-5,13-17H2,1-3H3,(H,24,27). The summed E-state index contributed by atoms with van der Waals surface area (Å²) in [6.45, 7) is 8.31. The highest BCUT2D eigenvalue weighted by Gasteiger charge is 2.20. The van der Waals surface area contributed by atoms with Crippen LogP contribution < -0.4 is 15.0 Å². The molecule has 5 nitrogen and oxygen atoms in total. The topological polar surface area (TPSA) is 44.8 Å². The maximum Gasteiger partial charge on any atom is 0.238 e.